The first-order valence-electron chi connectivity index (χ1n) is 5.62. The van der Waals surface area contributed by atoms with Crippen molar-refractivity contribution in [3.8, 4) is 5.75 Å². The Balaban J connectivity index is 2.17. The molecule has 5 heteroatoms. The fraction of sp³-hybridized carbons (Fsp3) is 0.308. The monoisotopic (exact) mass is 266 g/mol. The third-order valence-electron chi connectivity index (χ3n) is 2.71. The molecule has 1 heterocycles. The van der Waals surface area contributed by atoms with E-state index in [1.165, 1.54) is 18.1 Å². The Labute approximate surface area is 110 Å². The predicted molar refractivity (Wildman–Crippen MR) is 71.8 cm³/mol. The number of hydrogen-bond acceptors (Lipinski definition) is 4. The van der Waals surface area contributed by atoms with Gasteiger partial charge in [0.15, 0.2) is 11.6 Å². The van der Waals surface area contributed by atoms with Gasteiger partial charge < -0.3 is 10.1 Å². The van der Waals surface area contributed by atoms with Crippen molar-refractivity contribution in [1.29, 1.82) is 0 Å². The summed E-state index contributed by atoms with van der Waals surface area (Å²) in [5, 5.41) is 3.31. The van der Waals surface area contributed by atoms with Gasteiger partial charge in [0.05, 0.1) is 24.4 Å². The summed E-state index contributed by atoms with van der Waals surface area (Å²) in [6, 6.07) is 4.88. The second kappa shape index (κ2) is 5.35. The highest BCUT2D eigenvalue weighted by molar-refractivity contribution is 7.09. The van der Waals surface area contributed by atoms with E-state index in [-0.39, 0.29) is 17.6 Å². The second-order valence-corrected chi connectivity index (χ2v) is 4.90. The molecule has 0 radical (unpaired) electrons. The molecule has 18 heavy (non-hydrogen) atoms. The number of nitrogens with zero attached hydrogens (tertiary/aromatic N) is 1. The summed E-state index contributed by atoms with van der Waals surface area (Å²) in [5.74, 6) is -0.113. The molecule has 0 saturated carbocycles. The number of hydrogen-bond donors (Lipinski definition) is 1. The Morgan fingerprint density at radius 1 is 1.44 bits per heavy atom. The summed E-state index contributed by atoms with van der Waals surface area (Å²) in [6.45, 7) is 4.03. The molecule has 96 valence electrons. The number of anilines is 1. The van der Waals surface area contributed by atoms with Crippen molar-refractivity contribution >= 4 is 17.0 Å². The van der Waals surface area contributed by atoms with E-state index >= 15 is 0 Å². The molecule has 3 nitrogen and oxygen atoms in total. The maximum atomic E-state index is 13.3. The van der Waals surface area contributed by atoms with Crippen LogP contribution < -0.4 is 10.1 Å². The molecule has 0 spiro atoms. The normalized spacial score (nSPS) is 12.2. The highest BCUT2D eigenvalue weighted by atomic mass is 32.1. The molecule has 1 atom stereocenters. The number of aryl methyl sites for hydroxylation is 1. The van der Waals surface area contributed by atoms with E-state index in [2.05, 4.69) is 17.2 Å². The maximum Gasteiger partial charge on any atom is 0.165 e. The van der Waals surface area contributed by atoms with Gasteiger partial charge in [-0.2, -0.15) is 0 Å². The fourth-order valence-electron chi connectivity index (χ4n) is 1.79. The van der Waals surface area contributed by atoms with Crippen molar-refractivity contribution in [1.82, 2.24) is 4.98 Å². The van der Waals surface area contributed by atoms with E-state index in [1.54, 1.807) is 23.5 Å². The third-order valence-corrected chi connectivity index (χ3v) is 3.82. The van der Waals surface area contributed by atoms with E-state index < -0.39 is 0 Å². The van der Waals surface area contributed by atoms with Gasteiger partial charge in [0.1, 0.15) is 0 Å². The van der Waals surface area contributed by atoms with Gasteiger partial charge in [0.2, 0.25) is 0 Å². The van der Waals surface area contributed by atoms with E-state index in [4.69, 9.17) is 4.74 Å². The largest absolute Gasteiger partial charge is 0.494 e. The molecular formula is C13H15FN2OS. The molecule has 2 aromatic rings. The maximum absolute atomic E-state index is 13.3. The lowest BCUT2D eigenvalue weighted by atomic mass is 10.2. The number of nitrogens with one attached hydrogen (secondary N) is 1. The zero-order chi connectivity index (χ0) is 13.1. The van der Waals surface area contributed by atoms with Crippen LogP contribution >= 0.6 is 11.3 Å². The quantitative estimate of drug-likeness (QED) is 0.914. The Hall–Kier alpha value is -1.62. The van der Waals surface area contributed by atoms with Gasteiger partial charge in [-0.15, -0.1) is 11.3 Å². The number of rotatable bonds is 4. The summed E-state index contributed by atoms with van der Waals surface area (Å²) < 4.78 is 18.2. The zero-order valence-electron chi connectivity index (χ0n) is 10.5. The Morgan fingerprint density at radius 3 is 2.83 bits per heavy atom. The van der Waals surface area contributed by atoms with Crippen LogP contribution in [0.1, 0.15) is 23.5 Å². The van der Waals surface area contributed by atoms with Crippen LogP contribution in [0.5, 0.6) is 5.75 Å². The number of aromatic nitrogens is 1. The molecule has 0 bridgehead atoms. The predicted octanol–water partition coefficient (Wildman–Crippen LogP) is 3.77. The van der Waals surface area contributed by atoms with E-state index in [0.717, 1.165) is 11.4 Å². The summed E-state index contributed by atoms with van der Waals surface area (Å²) in [7, 11) is 1.46. The van der Waals surface area contributed by atoms with Gasteiger partial charge in [0.25, 0.3) is 0 Å². The number of thiazole rings is 1. The molecule has 0 fully saturated rings. The van der Waals surface area contributed by atoms with Gasteiger partial charge in [0, 0.05) is 16.6 Å². The molecule has 0 aliphatic heterocycles. The molecule has 1 aromatic heterocycles. The minimum atomic E-state index is -0.357. The smallest absolute Gasteiger partial charge is 0.165 e. The van der Waals surface area contributed by atoms with Crippen molar-refractivity contribution in [2.45, 2.75) is 19.9 Å². The lowest BCUT2D eigenvalue weighted by Gasteiger charge is -2.15. The number of methoxy groups -OCH3 is 1. The Kier molecular flexibility index (Phi) is 3.81. The van der Waals surface area contributed by atoms with Crippen LogP contribution in [0.2, 0.25) is 0 Å². The van der Waals surface area contributed by atoms with Crippen LogP contribution in [0, 0.1) is 12.7 Å². The van der Waals surface area contributed by atoms with Gasteiger partial charge in [-0.1, -0.05) is 0 Å². The van der Waals surface area contributed by atoms with Gasteiger partial charge in [-0.3, -0.25) is 0 Å². The summed E-state index contributed by atoms with van der Waals surface area (Å²) in [4.78, 5) is 5.40. The molecule has 0 aliphatic carbocycles. The van der Waals surface area contributed by atoms with Crippen molar-refractivity contribution < 1.29 is 9.13 Å². The lowest BCUT2D eigenvalue weighted by Crippen LogP contribution is -2.06. The topological polar surface area (TPSA) is 34.1 Å². The number of ether oxygens (including phenoxy) is 1. The van der Waals surface area contributed by atoms with Crippen LogP contribution in [-0.4, -0.2) is 12.1 Å². The Morgan fingerprint density at radius 2 is 2.22 bits per heavy atom. The molecule has 2 rings (SSSR count). The fourth-order valence-corrected chi connectivity index (χ4v) is 2.60. The third kappa shape index (κ3) is 2.61. The van der Waals surface area contributed by atoms with Crippen LogP contribution in [0.25, 0.3) is 0 Å². The van der Waals surface area contributed by atoms with Crippen LogP contribution in [0.15, 0.2) is 23.7 Å². The number of benzene rings is 1. The molecule has 1 aromatic carbocycles. The first-order valence-corrected chi connectivity index (χ1v) is 6.50. The van der Waals surface area contributed by atoms with E-state index in [9.17, 15) is 4.39 Å². The van der Waals surface area contributed by atoms with Crippen molar-refractivity contribution in [3.05, 3.63) is 40.1 Å². The molecule has 0 amide bonds. The molecule has 0 aliphatic rings. The SMILES string of the molecule is COc1cc(NC(C)c2scnc2C)ccc1F. The summed E-state index contributed by atoms with van der Waals surface area (Å²) in [5.41, 5.74) is 3.68. The minimum absolute atomic E-state index is 0.132. The van der Waals surface area contributed by atoms with Gasteiger partial charge >= 0.3 is 0 Å². The van der Waals surface area contributed by atoms with Crippen molar-refractivity contribution in [3.63, 3.8) is 0 Å². The first-order chi connectivity index (χ1) is 8.61. The van der Waals surface area contributed by atoms with Crippen molar-refractivity contribution in [2.75, 3.05) is 12.4 Å². The molecular weight excluding hydrogens is 251 g/mol. The highest BCUT2D eigenvalue weighted by Crippen LogP contribution is 2.27. The van der Waals surface area contributed by atoms with Gasteiger partial charge in [-0.05, 0) is 26.0 Å². The van der Waals surface area contributed by atoms with Gasteiger partial charge in [-0.25, -0.2) is 9.37 Å². The number of halogens is 1. The summed E-state index contributed by atoms with van der Waals surface area (Å²) in [6.07, 6.45) is 0. The molecule has 1 N–H and O–H groups in total. The minimum Gasteiger partial charge on any atom is -0.494 e. The van der Waals surface area contributed by atoms with Crippen LogP contribution in [-0.2, 0) is 0 Å². The van der Waals surface area contributed by atoms with Crippen LogP contribution in [0.4, 0.5) is 10.1 Å². The van der Waals surface area contributed by atoms with Crippen molar-refractivity contribution in [2.24, 2.45) is 0 Å². The molecule has 0 saturated heterocycles. The molecule has 1 unspecified atom stereocenters. The first kappa shape index (κ1) is 12.8. The Bertz CT molecular complexity index is 542. The zero-order valence-corrected chi connectivity index (χ0v) is 11.3. The average Bonchev–Trinajstić information content (AvgIpc) is 2.78. The standard InChI is InChI=1S/C13H15FN2OS/c1-8-13(18-7-15-8)9(2)16-10-4-5-11(14)12(6-10)17-3/h4-7,9,16H,1-3H3. The lowest BCUT2D eigenvalue weighted by molar-refractivity contribution is 0.387. The van der Waals surface area contributed by atoms with E-state index in [1.807, 2.05) is 12.4 Å². The average molecular weight is 266 g/mol. The second-order valence-electron chi connectivity index (χ2n) is 4.02. The highest BCUT2D eigenvalue weighted by Gasteiger charge is 2.12. The van der Waals surface area contributed by atoms with Crippen LogP contribution in [0.3, 0.4) is 0 Å². The summed E-state index contributed by atoms with van der Waals surface area (Å²) >= 11 is 1.61. The van der Waals surface area contributed by atoms with E-state index in [0.29, 0.717) is 0 Å².